The van der Waals surface area contributed by atoms with Crippen LogP contribution in [-0.4, -0.2) is 63.5 Å². The lowest BCUT2D eigenvalue weighted by molar-refractivity contribution is -0.120. The van der Waals surface area contributed by atoms with Gasteiger partial charge in [-0.3, -0.25) is 9.69 Å². The molecule has 1 aliphatic rings. The molecule has 0 fully saturated rings. The minimum Gasteiger partial charge on any atom is -0.491 e. The van der Waals surface area contributed by atoms with Crippen LogP contribution in [-0.2, 0) is 37.1 Å². The van der Waals surface area contributed by atoms with Crippen molar-refractivity contribution in [1.29, 1.82) is 0 Å². The summed E-state index contributed by atoms with van der Waals surface area (Å²) in [5.41, 5.74) is 1.94. The van der Waals surface area contributed by atoms with Crippen LogP contribution in [0.3, 0.4) is 0 Å². The summed E-state index contributed by atoms with van der Waals surface area (Å²) >= 11 is 0. The monoisotopic (exact) mass is 467 g/mol. The van der Waals surface area contributed by atoms with E-state index in [1.54, 1.807) is 12.1 Å². The van der Waals surface area contributed by atoms with Crippen LogP contribution in [0.5, 0.6) is 5.75 Å². The largest absolute Gasteiger partial charge is 0.491 e. The van der Waals surface area contributed by atoms with Crippen molar-refractivity contribution < 1.29 is 19.0 Å². The first-order valence-corrected chi connectivity index (χ1v) is 11.6. The molecule has 0 saturated carbocycles. The number of amides is 1. The van der Waals surface area contributed by atoms with Crippen LogP contribution in [0.1, 0.15) is 22.8 Å². The van der Waals surface area contributed by atoms with Crippen molar-refractivity contribution in [2.45, 2.75) is 32.4 Å². The highest BCUT2D eigenvalue weighted by atomic mass is 19.1. The molecule has 0 spiro atoms. The van der Waals surface area contributed by atoms with Gasteiger partial charge in [-0.15, -0.1) is 10.2 Å². The predicted molar refractivity (Wildman–Crippen MR) is 125 cm³/mol. The fourth-order valence-electron chi connectivity index (χ4n) is 4.09. The number of nitrogens with one attached hydrogen (secondary N) is 1. The Morgan fingerprint density at radius 2 is 1.94 bits per heavy atom. The van der Waals surface area contributed by atoms with E-state index < -0.39 is 0 Å². The van der Waals surface area contributed by atoms with Crippen molar-refractivity contribution in [2.75, 3.05) is 32.8 Å². The lowest BCUT2D eigenvalue weighted by atomic mass is 10.1. The van der Waals surface area contributed by atoms with Crippen LogP contribution in [0.15, 0.2) is 48.5 Å². The second-order valence-electron chi connectivity index (χ2n) is 8.33. The van der Waals surface area contributed by atoms with E-state index in [4.69, 9.17) is 9.84 Å². The van der Waals surface area contributed by atoms with Crippen LogP contribution >= 0.6 is 0 Å². The quantitative estimate of drug-likeness (QED) is 0.472. The molecular formula is C25H30FN5O3. The number of aliphatic hydroxyl groups excluding tert-OH is 1. The summed E-state index contributed by atoms with van der Waals surface area (Å²) in [4.78, 5) is 14.6. The first kappa shape index (κ1) is 23.8. The molecule has 1 aliphatic heterocycles. The zero-order valence-corrected chi connectivity index (χ0v) is 19.1. The van der Waals surface area contributed by atoms with E-state index in [9.17, 15) is 9.18 Å². The van der Waals surface area contributed by atoms with Gasteiger partial charge in [0.25, 0.3) is 0 Å². The van der Waals surface area contributed by atoms with Crippen molar-refractivity contribution >= 4 is 5.91 Å². The van der Waals surface area contributed by atoms with Crippen molar-refractivity contribution in [2.24, 2.45) is 0 Å². The third-order valence-corrected chi connectivity index (χ3v) is 5.81. The van der Waals surface area contributed by atoms with E-state index in [0.29, 0.717) is 13.0 Å². The van der Waals surface area contributed by atoms with E-state index in [-0.39, 0.29) is 31.4 Å². The normalized spacial score (nSPS) is 13.8. The predicted octanol–water partition coefficient (Wildman–Crippen LogP) is 1.75. The average Bonchev–Trinajstić information content (AvgIpc) is 3.11. The molecular weight excluding hydrogens is 437 g/mol. The number of carbonyl (C=O) groups excluding carboxylic acids is 1. The highest BCUT2D eigenvalue weighted by Gasteiger charge is 2.19. The number of fused-ring (bicyclic) bond motifs is 1. The number of carbonyl (C=O) groups is 1. The maximum Gasteiger partial charge on any atom is 0.224 e. The second-order valence-corrected chi connectivity index (χ2v) is 8.33. The third-order valence-electron chi connectivity index (χ3n) is 5.81. The maximum atomic E-state index is 13.0. The van der Waals surface area contributed by atoms with Gasteiger partial charge in [-0.1, -0.05) is 24.3 Å². The first-order valence-electron chi connectivity index (χ1n) is 11.6. The van der Waals surface area contributed by atoms with Gasteiger partial charge in [0.05, 0.1) is 13.0 Å². The molecule has 1 aromatic heterocycles. The molecule has 0 bridgehead atoms. The van der Waals surface area contributed by atoms with Gasteiger partial charge in [0.2, 0.25) is 5.91 Å². The lowest BCUT2D eigenvalue weighted by Gasteiger charge is -2.20. The van der Waals surface area contributed by atoms with Gasteiger partial charge in [0.15, 0.2) is 0 Å². The smallest absolute Gasteiger partial charge is 0.224 e. The van der Waals surface area contributed by atoms with Crippen molar-refractivity contribution in [3.05, 3.63) is 77.1 Å². The Balaban J connectivity index is 1.26. The van der Waals surface area contributed by atoms with Gasteiger partial charge in [0, 0.05) is 45.6 Å². The van der Waals surface area contributed by atoms with Crippen LogP contribution in [0.4, 0.5) is 4.39 Å². The fourth-order valence-corrected chi connectivity index (χ4v) is 4.09. The number of nitrogens with zero attached hydrogens (tertiary/aromatic N) is 4. The molecule has 34 heavy (non-hydrogen) atoms. The number of ether oxygens (including phenoxy) is 1. The molecule has 0 radical (unpaired) electrons. The van der Waals surface area contributed by atoms with Crippen LogP contribution in [0, 0.1) is 5.82 Å². The molecule has 0 saturated heterocycles. The molecule has 0 atom stereocenters. The topological polar surface area (TPSA) is 92.5 Å². The molecule has 0 aliphatic carbocycles. The standard InChI is InChI=1S/C25H30FN5O3/c26-21-6-4-19(5-7-21)17-25(33)27-10-8-23-28-29-24-9-11-30(12-13-31(23)24)18-20-2-1-3-22(16-20)34-15-14-32/h1-7,16,32H,8-15,17-18H2,(H,27,33). The SMILES string of the molecule is O=C(Cc1ccc(F)cc1)NCCc1nnc2n1CCN(Cc1cccc(OCCO)c1)CC2. The average molecular weight is 468 g/mol. The van der Waals surface area contributed by atoms with Gasteiger partial charge < -0.3 is 19.7 Å². The molecule has 4 rings (SSSR count). The molecule has 8 nitrogen and oxygen atoms in total. The zero-order chi connectivity index (χ0) is 23.8. The second kappa shape index (κ2) is 11.7. The van der Waals surface area contributed by atoms with E-state index >= 15 is 0 Å². The van der Waals surface area contributed by atoms with Gasteiger partial charge in [-0.05, 0) is 35.4 Å². The highest BCUT2D eigenvalue weighted by molar-refractivity contribution is 5.78. The number of halogens is 1. The Labute approximate surface area is 198 Å². The van der Waals surface area contributed by atoms with Gasteiger partial charge in [0.1, 0.15) is 29.8 Å². The number of benzene rings is 2. The van der Waals surface area contributed by atoms with Gasteiger partial charge >= 0.3 is 0 Å². The first-order chi connectivity index (χ1) is 16.6. The van der Waals surface area contributed by atoms with Gasteiger partial charge in [-0.2, -0.15) is 0 Å². The van der Waals surface area contributed by atoms with E-state index in [1.165, 1.54) is 12.1 Å². The van der Waals surface area contributed by atoms with Crippen molar-refractivity contribution in [3.8, 4) is 5.75 Å². The van der Waals surface area contributed by atoms with E-state index in [0.717, 1.165) is 61.1 Å². The summed E-state index contributed by atoms with van der Waals surface area (Å²) < 4.78 is 20.7. The molecule has 3 aromatic rings. The molecule has 2 heterocycles. The summed E-state index contributed by atoms with van der Waals surface area (Å²) in [6.45, 7) is 4.12. The summed E-state index contributed by atoms with van der Waals surface area (Å²) in [7, 11) is 0. The number of aliphatic hydroxyl groups is 1. The number of hydrogen-bond donors (Lipinski definition) is 2. The Morgan fingerprint density at radius 3 is 2.76 bits per heavy atom. The fraction of sp³-hybridized carbons (Fsp3) is 0.400. The Kier molecular flexibility index (Phi) is 8.21. The zero-order valence-electron chi connectivity index (χ0n) is 19.1. The third kappa shape index (κ3) is 6.61. The molecule has 0 unspecified atom stereocenters. The molecule has 2 N–H and O–H groups in total. The number of hydrogen-bond acceptors (Lipinski definition) is 6. The van der Waals surface area contributed by atoms with Crippen LogP contribution < -0.4 is 10.1 Å². The Bertz CT molecular complexity index is 1090. The highest BCUT2D eigenvalue weighted by Crippen LogP contribution is 2.17. The molecule has 9 heteroatoms. The minimum absolute atomic E-state index is 0.00385. The Morgan fingerprint density at radius 1 is 1.09 bits per heavy atom. The summed E-state index contributed by atoms with van der Waals surface area (Å²) in [5, 5.41) is 20.6. The Hall–Kier alpha value is -3.30. The number of rotatable bonds is 10. The van der Waals surface area contributed by atoms with E-state index in [2.05, 4.69) is 31.0 Å². The van der Waals surface area contributed by atoms with Crippen molar-refractivity contribution in [1.82, 2.24) is 25.0 Å². The van der Waals surface area contributed by atoms with Gasteiger partial charge in [-0.25, -0.2) is 4.39 Å². The summed E-state index contributed by atoms with van der Waals surface area (Å²) in [6.07, 6.45) is 1.64. The molecule has 2 aromatic carbocycles. The van der Waals surface area contributed by atoms with Crippen LogP contribution in [0.25, 0.3) is 0 Å². The summed E-state index contributed by atoms with van der Waals surface area (Å²) in [5.74, 6) is 2.20. The molecule has 180 valence electrons. The summed E-state index contributed by atoms with van der Waals surface area (Å²) in [6, 6.07) is 13.9. The minimum atomic E-state index is -0.309. The van der Waals surface area contributed by atoms with E-state index in [1.807, 2.05) is 18.2 Å². The maximum absolute atomic E-state index is 13.0. The molecule has 1 amide bonds. The van der Waals surface area contributed by atoms with Crippen molar-refractivity contribution in [3.63, 3.8) is 0 Å². The van der Waals surface area contributed by atoms with Crippen LogP contribution in [0.2, 0.25) is 0 Å². The number of aromatic nitrogens is 3. The lowest BCUT2D eigenvalue weighted by Crippen LogP contribution is -2.28.